The molecular formula is C21H21NO4. The number of ether oxygens (including phenoxy) is 1. The Morgan fingerprint density at radius 1 is 1.12 bits per heavy atom. The van der Waals surface area contributed by atoms with Crippen molar-refractivity contribution in [3.05, 3.63) is 65.9 Å². The smallest absolute Gasteiger partial charge is 0.289 e. The molecule has 1 aromatic heterocycles. The molecule has 1 amide bonds. The average molecular weight is 351 g/mol. The summed E-state index contributed by atoms with van der Waals surface area (Å²) < 4.78 is 11.6. The zero-order chi connectivity index (χ0) is 17.9. The van der Waals surface area contributed by atoms with Crippen LogP contribution in [-0.4, -0.2) is 35.1 Å². The first-order valence-corrected chi connectivity index (χ1v) is 8.86. The molecule has 2 heterocycles. The number of phenols is 1. The Bertz CT molecular complexity index is 895. The molecule has 0 spiro atoms. The summed E-state index contributed by atoms with van der Waals surface area (Å²) in [6, 6.07) is 16.6. The molecule has 5 heteroatoms. The Labute approximate surface area is 151 Å². The van der Waals surface area contributed by atoms with Crippen molar-refractivity contribution in [3.63, 3.8) is 0 Å². The topological polar surface area (TPSA) is 62.9 Å². The minimum atomic E-state index is -0.109. The van der Waals surface area contributed by atoms with E-state index in [4.69, 9.17) is 9.15 Å². The number of furan rings is 1. The van der Waals surface area contributed by atoms with Crippen LogP contribution in [-0.2, 0) is 11.3 Å². The first-order valence-electron chi connectivity index (χ1n) is 8.86. The molecule has 0 radical (unpaired) electrons. The van der Waals surface area contributed by atoms with E-state index in [0.717, 1.165) is 23.8 Å². The normalized spacial score (nSPS) is 15.5. The van der Waals surface area contributed by atoms with Gasteiger partial charge in [0.25, 0.3) is 5.91 Å². The Kier molecular flexibility index (Phi) is 4.63. The number of carbonyl (C=O) groups is 1. The van der Waals surface area contributed by atoms with Crippen LogP contribution in [0.4, 0.5) is 0 Å². The molecule has 1 saturated heterocycles. The third-order valence-electron chi connectivity index (χ3n) is 4.77. The predicted octanol–water partition coefficient (Wildman–Crippen LogP) is 3.96. The van der Waals surface area contributed by atoms with Gasteiger partial charge in [-0.05, 0) is 42.7 Å². The van der Waals surface area contributed by atoms with E-state index in [9.17, 15) is 9.90 Å². The predicted molar refractivity (Wildman–Crippen MR) is 98.0 cm³/mol. The number of hydrogen-bond acceptors (Lipinski definition) is 4. The van der Waals surface area contributed by atoms with E-state index in [-0.39, 0.29) is 17.8 Å². The van der Waals surface area contributed by atoms with Gasteiger partial charge in [-0.15, -0.1) is 0 Å². The number of phenolic OH excluding ortho intramolecular Hbond substituents is 1. The molecule has 0 saturated carbocycles. The molecule has 0 aliphatic carbocycles. The van der Waals surface area contributed by atoms with E-state index in [0.29, 0.717) is 31.0 Å². The molecule has 1 aliphatic heterocycles. The number of rotatable bonds is 4. The number of benzene rings is 2. The Balaban J connectivity index is 1.34. The standard InChI is InChI=1S/C21H21NO4/c23-17-6-7-19-16(12-17)13-20(26-19)21(24)22-10-8-18(9-11-22)25-14-15-4-2-1-3-5-15/h1-7,12-13,18,23H,8-11,14H2. The molecule has 0 atom stereocenters. The van der Waals surface area contributed by atoms with Crippen LogP contribution in [0.3, 0.4) is 0 Å². The summed E-state index contributed by atoms with van der Waals surface area (Å²) >= 11 is 0. The van der Waals surface area contributed by atoms with Crippen molar-refractivity contribution in [3.8, 4) is 5.75 Å². The lowest BCUT2D eigenvalue weighted by Gasteiger charge is -2.31. The number of hydrogen-bond donors (Lipinski definition) is 1. The van der Waals surface area contributed by atoms with E-state index in [1.54, 1.807) is 29.2 Å². The Morgan fingerprint density at radius 3 is 2.65 bits per heavy atom. The van der Waals surface area contributed by atoms with Crippen LogP contribution >= 0.6 is 0 Å². The quantitative estimate of drug-likeness (QED) is 0.773. The van der Waals surface area contributed by atoms with Gasteiger partial charge in [0.15, 0.2) is 5.76 Å². The van der Waals surface area contributed by atoms with Crippen molar-refractivity contribution >= 4 is 16.9 Å². The molecule has 134 valence electrons. The summed E-state index contributed by atoms with van der Waals surface area (Å²) in [5.41, 5.74) is 1.77. The fourth-order valence-corrected chi connectivity index (χ4v) is 3.31. The van der Waals surface area contributed by atoms with Crippen LogP contribution in [0, 0.1) is 0 Å². The fraction of sp³-hybridized carbons (Fsp3) is 0.286. The lowest BCUT2D eigenvalue weighted by atomic mass is 10.1. The second-order valence-electron chi connectivity index (χ2n) is 6.62. The molecule has 0 unspecified atom stereocenters. The van der Waals surface area contributed by atoms with Crippen LogP contribution in [0.5, 0.6) is 5.75 Å². The summed E-state index contributed by atoms with van der Waals surface area (Å²) in [6.45, 7) is 1.91. The van der Waals surface area contributed by atoms with Gasteiger partial charge < -0.3 is 19.2 Å². The summed E-state index contributed by atoms with van der Waals surface area (Å²) in [6.07, 6.45) is 1.81. The van der Waals surface area contributed by atoms with Gasteiger partial charge in [-0.25, -0.2) is 0 Å². The van der Waals surface area contributed by atoms with Crippen LogP contribution in [0.15, 0.2) is 59.0 Å². The van der Waals surface area contributed by atoms with Gasteiger partial charge in [-0.2, -0.15) is 0 Å². The van der Waals surface area contributed by atoms with Gasteiger partial charge in [0.2, 0.25) is 0 Å². The third kappa shape index (κ3) is 3.58. The maximum Gasteiger partial charge on any atom is 0.289 e. The minimum absolute atomic E-state index is 0.109. The SMILES string of the molecule is O=C(c1cc2cc(O)ccc2o1)N1CCC(OCc2ccccc2)CC1. The van der Waals surface area contributed by atoms with E-state index in [1.807, 2.05) is 18.2 Å². The molecule has 0 bridgehead atoms. The molecule has 3 aromatic rings. The largest absolute Gasteiger partial charge is 0.508 e. The molecule has 1 aliphatic rings. The van der Waals surface area contributed by atoms with Crippen LogP contribution in [0.1, 0.15) is 29.0 Å². The molecule has 26 heavy (non-hydrogen) atoms. The molecule has 4 rings (SSSR count). The number of fused-ring (bicyclic) bond motifs is 1. The van der Waals surface area contributed by atoms with Crippen molar-refractivity contribution < 1.29 is 19.1 Å². The number of amides is 1. The lowest BCUT2D eigenvalue weighted by molar-refractivity contribution is -0.000994. The van der Waals surface area contributed by atoms with Crippen molar-refractivity contribution in [2.75, 3.05) is 13.1 Å². The maximum atomic E-state index is 12.7. The number of piperidine rings is 1. The highest BCUT2D eigenvalue weighted by Gasteiger charge is 2.26. The fourth-order valence-electron chi connectivity index (χ4n) is 3.31. The van der Waals surface area contributed by atoms with E-state index >= 15 is 0 Å². The first-order chi connectivity index (χ1) is 12.7. The van der Waals surface area contributed by atoms with Crippen molar-refractivity contribution in [2.24, 2.45) is 0 Å². The van der Waals surface area contributed by atoms with Gasteiger partial charge in [0.05, 0.1) is 12.7 Å². The molecule has 1 fully saturated rings. The van der Waals surface area contributed by atoms with Gasteiger partial charge in [-0.1, -0.05) is 30.3 Å². The highest BCUT2D eigenvalue weighted by Crippen LogP contribution is 2.25. The van der Waals surface area contributed by atoms with Gasteiger partial charge in [0, 0.05) is 18.5 Å². The van der Waals surface area contributed by atoms with Gasteiger partial charge >= 0.3 is 0 Å². The average Bonchev–Trinajstić information content (AvgIpc) is 3.10. The zero-order valence-corrected chi connectivity index (χ0v) is 14.4. The Morgan fingerprint density at radius 2 is 1.88 bits per heavy atom. The highest BCUT2D eigenvalue weighted by atomic mass is 16.5. The van der Waals surface area contributed by atoms with Gasteiger partial charge in [0.1, 0.15) is 11.3 Å². The van der Waals surface area contributed by atoms with E-state index < -0.39 is 0 Å². The third-order valence-corrected chi connectivity index (χ3v) is 4.77. The van der Waals surface area contributed by atoms with E-state index in [1.165, 1.54) is 0 Å². The summed E-state index contributed by atoms with van der Waals surface area (Å²) in [5.74, 6) is 0.366. The van der Waals surface area contributed by atoms with Gasteiger partial charge in [-0.3, -0.25) is 4.79 Å². The summed E-state index contributed by atoms with van der Waals surface area (Å²) in [5, 5.41) is 10.3. The minimum Gasteiger partial charge on any atom is -0.508 e. The lowest BCUT2D eigenvalue weighted by Crippen LogP contribution is -2.40. The molecular weight excluding hydrogens is 330 g/mol. The number of nitrogens with zero attached hydrogens (tertiary/aromatic N) is 1. The summed E-state index contributed by atoms with van der Waals surface area (Å²) in [4.78, 5) is 14.5. The monoisotopic (exact) mass is 351 g/mol. The van der Waals surface area contributed by atoms with Crippen molar-refractivity contribution in [1.82, 2.24) is 4.90 Å². The molecule has 1 N–H and O–H groups in total. The maximum absolute atomic E-state index is 12.7. The molecule has 5 nitrogen and oxygen atoms in total. The first kappa shape index (κ1) is 16.7. The molecule has 2 aromatic carbocycles. The number of likely N-dealkylation sites (tertiary alicyclic amines) is 1. The highest BCUT2D eigenvalue weighted by molar-refractivity contribution is 5.96. The summed E-state index contributed by atoms with van der Waals surface area (Å²) in [7, 11) is 0. The van der Waals surface area contributed by atoms with Crippen LogP contribution < -0.4 is 0 Å². The van der Waals surface area contributed by atoms with E-state index in [2.05, 4.69) is 12.1 Å². The second-order valence-corrected chi connectivity index (χ2v) is 6.62. The zero-order valence-electron chi connectivity index (χ0n) is 14.4. The van der Waals surface area contributed by atoms with Crippen molar-refractivity contribution in [2.45, 2.75) is 25.6 Å². The second kappa shape index (κ2) is 7.22. The Hall–Kier alpha value is -2.79. The van der Waals surface area contributed by atoms with Crippen LogP contribution in [0.2, 0.25) is 0 Å². The van der Waals surface area contributed by atoms with Crippen molar-refractivity contribution in [1.29, 1.82) is 0 Å². The number of aromatic hydroxyl groups is 1. The van der Waals surface area contributed by atoms with Crippen LogP contribution in [0.25, 0.3) is 11.0 Å². The number of carbonyl (C=O) groups excluding carboxylic acids is 1.